The second kappa shape index (κ2) is 26.7. The van der Waals surface area contributed by atoms with Crippen LogP contribution in [0, 0.1) is 0 Å². The number of rotatable bonds is 30. The Hall–Kier alpha value is -2.14. The fourth-order valence-corrected chi connectivity index (χ4v) is 5.17. The Kier molecular flexibility index (Phi) is 24.1. The van der Waals surface area contributed by atoms with Gasteiger partial charge in [0.2, 0.25) is 17.2 Å². The van der Waals surface area contributed by atoms with Crippen LogP contribution in [-0.4, -0.2) is 41.1 Å². The van der Waals surface area contributed by atoms with Crippen LogP contribution in [0.4, 0.5) is 11.9 Å². The highest BCUT2D eigenvalue weighted by Crippen LogP contribution is 2.21. The van der Waals surface area contributed by atoms with E-state index in [9.17, 15) is 0 Å². The summed E-state index contributed by atoms with van der Waals surface area (Å²) in [4.78, 5) is 19.0. The summed E-state index contributed by atoms with van der Waals surface area (Å²) in [7, 11) is 0. The number of unbranched alkanes of at least 4 members (excludes halogenated alkanes) is 16. The summed E-state index contributed by atoms with van der Waals surface area (Å²) in [5.74, 6) is 1.47. The lowest BCUT2D eigenvalue weighted by molar-refractivity contribution is 0.582. The Labute approximate surface area is 258 Å². The summed E-state index contributed by atoms with van der Waals surface area (Å²) in [6.45, 7) is 19.2. The molecule has 0 unspecified atom stereocenters. The molecule has 0 radical (unpaired) electrons. The first-order chi connectivity index (χ1) is 20.2. The largest absolute Gasteiger partial charge is 0.341 e. The molecule has 1 heterocycles. The lowest BCUT2D eigenvalue weighted by Crippen LogP contribution is -2.31. The average Bonchev–Trinajstić information content (AvgIpc) is 2.97. The highest BCUT2D eigenvalue weighted by atomic mass is 35.5. The van der Waals surface area contributed by atoms with Gasteiger partial charge < -0.3 is 9.80 Å². The summed E-state index contributed by atoms with van der Waals surface area (Å²) < 4.78 is 0. The van der Waals surface area contributed by atoms with E-state index in [0.717, 1.165) is 89.4 Å². The van der Waals surface area contributed by atoms with Gasteiger partial charge >= 0.3 is 0 Å². The van der Waals surface area contributed by atoms with Crippen molar-refractivity contribution in [3.63, 3.8) is 0 Å². The molecule has 0 saturated heterocycles. The molecule has 0 aliphatic heterocycles. The zero-order valence-corrected chi connectivity index (χ0v) is 27.0. The number of allylic oxidation sites excluding steroid dienone is 4. The number of aromatic nitrogens is 3. The van der Waals surface area contributed by atoms with Crippen LogP contribution in [0.1, 0.15) is 128 Å². The maximum atomic E-state index is 6.56. The van der Waals surface area contributed by atoms with E-state index in [2.05, 4.69) is 46.1 Å². The molecular weight excluding hydrogens is 526 g/mol. The molecule has 0 saturated carbocycles. The van der Waals surface area contributed by atoms with Crippen molar-refractivity contribution in [2.24, 2.45) is 0 Å². The maximum Gasteiger partial charge on any atom is 0.231 e. The molecule has 5 nitrogen and oxygen atoms in total. The summed E-state index contributed by atoms with van der Waals surface area (Å²) in [6, 6.07) is 0. The van der Waals surface area contributed by atoms with Gasteiger partial charge in [-0.2, -0.15) is 15.0 Å². The Balaban J connectivity index is 2.93. The van der Waals surface area contributed by atoms with E-state index in [0.29, 0.717) is 5.28 Å². The highest BCUT2D eigenvalue weighted by molar-refractivity contribution is 6.28. The van der Waals surface area contributed by atoms with Crippen molar-refractivity contribution < 1.29 is 0 Å². The van der Waals surface area contributed by atoms with Crippen LogP contribution in [-0.2, 0) is 0 Å². The van der Waals surface area contributed by atoms with Crippen molar-refractivity contribution in [1.29, 1.82) is 0 Å². The molecule has 232 valence electrons. The summed E-state index contributed by atoms with van der Waals surface area (Å²) in [6.07, 6.45) is 31.6. The van der Waals surface area contributed by atoms with Crippen LogP contribution in [0.2, 0.25) is 5.28 Å². The Bertz CT molecular complexity index is 710. The molecule has 0 aliphatic carbocycles. The molecule has 0 fully saturated rings. The van der Waals surface area contributed by atoms with Crippen molar-refractivity contribution in [3.8, 4) is 0 Å². The predicted molar refractivity (Wildman–Crippen MR) is 182 cm³/mol. The Morgan fingerprint density at radius 2 is 0.683 bits per heavy atom. The van der Waals surface area contributed by atoms with Crippen molar-refractivity contribution >= 4 is 23.5 Å². The van der Waals surface area contributed by atoms with Gasteiger partial charge in [0, 0.05) is 26.2 Å². The molecule has 0 atom stereocenters. The summed E-state index contributed by atoms with van der Waals surface area (Å²) in [5, 5.41) is 0.300. The minimum Gasteiger partial charge on any atom is -0.341 e. The molecule has 41 heavy (non-hydrogen) atoms. The monoisotopic (exact) mass is 585 g/mol. The van der Waals surface area contributed by atoms with Gasteiger partial charge in [0.25, 0.3) is 0 Å². The lowest BCUT2D eigenvalue weighted by atomic mass is 10.1. The van der Waals surface area contributed by atoms with E-state index < -0.39 is 0 Å². The van der Waals surface area contributed by atoms with Crippen molar-refractivity contribution in [2.45, 2.75) is 128 Å². The molecule has 1 aromatic rings. The average molecular weight is 586 g/mol. The second-order valence-electron chi connectivity index (χ2n) is 11.1. The number of hydrogen-bond acceptors (Lipinski definition) is 5. The first kappa shape index (κ1) is 36.9. The quantitative estimate of drug-likeness (QED) is 0.0663. The van der Waals surface area contributed by atoms with Crippen LogP contribution >= 0.6 is 11.6 Å². The second-order valence-corrected chi connectivity index (χ2v) is 11.5. The molecular formula is C35H60ClN5. The van der Waals surface area contributed by atoms with E-state index in [-0.39, 0.29) is 0 Å². The zero-order valence-electron chi connectivity index (χ0n) is 26.2. The molecule has 0 aliphatic rings. The van der Waals surface area contributed by atoms with Gasteiger partial charge in [-0.15, -0.1) is 26.3 Å². The third kappa shape index (κ3) is 19.6. The Morgan fingerprint density at radius 1 is 0.415 bits per heavy atom. The number of anilines is 2. The van der Waals surface area contributed by atoms with E-state index in [1.807, 2.05) is 24.3 Å². The van der Waals surface area contributed by atoms with Gasteiger partial charge in [0.05, 0.1) is 0 Å². The van der Waals surface area contributed by atoms with Crippen LogP contribution in [0.15, 0.2) is 50.6 Å². The standard InChI is InChI=1S/C35H60ClN5/c1-5-9-13-17-21-25-29-40(30-26-22-18-14-10-6-2)34-37-33(36)38-35(39-34)41(31-27-23-19-15-11-7-3)32-28-24-20-16-12-8-4/h5-8H,1-4,9-32H2. The smallest absolute Gasteiger partial charge is 0.231 e. The maximum absolute atomic E-state index is 6.56. The highest BCUT2D eigenvalue weighted by Gasteiger charge is 2.17. The minimum atomic E-state index is 0.300. The van der Waals surface area contributed by atoms with Crippen LogP contribution in [0.25, 0.3) is 0 Å². The lowest BCUT2D eigenvalue weighted by Gasteiger charge is -2.26. The number of halogens is 1. The van der Waals surface area contributed by atoms with Gasteiger partial charge in [-0.1, -0.05) is 75.7 Å². The van der Waals surface area contributed by atoms with Gasteiger partial charge in [0.1, 0.15) is 0 Å². The van der Waals surface area contributed by atoms with Gasteiger partial charge in [-0.25, -0.2) is 0 Å². The topological polar surface area (TPSA) is 45.2 Å². The third-order valence-corrected chi connectivity index (χ3v) is 7.66. The molecule has 0 amide bonds. The SMILES string of the molecule is C=CCCCCCCN(CCCCCCC=C)c1nc(Cl)nc(N(CCCCCCC=C)CCCCCCC=C)n1. The van der Waals surface area contributed by atoms with Gasteiger partial charge in [-0.05, 0) is 88.7 Å². The van der Waals surface area contributed by atoms with Crippen molar-refractivity contribution in [1.82, 2.24) is 15.0 Å². The number of nitrogens with zero attached hydrogens (tertiary/aromatic N) is 5. The molecule has 0 aromatic carbocycles. The summed E-state index contributed by atoms with van der Waals surface area (Å²) in [5.41, 5.74) is 0. The van der Waals surface area contributed by atoms with Crippen LogP contribution in [0.5, 0.6) is 0 Å². The zero-order chi connectivity index (χ0) is 29.8. The van der Waals surface area contributed by atoms with E-state index >= 15 is 0 Å². The van der Waals surface area contributed by atoms with Crippen molar-refractivity contribution in [3.05, 3.63) is 55.9 Å². The normalized spacial score (nSPS) is 10.9. The first-order valence-electron chi connectivity index (χ1n) is 16.5. The first-order valence-corrected chi connectivity index (χ1v) is 16.9. The van der Waals surface area contributed by atoms with Crippen molar-refractivity contribution in [2.75, 3.05) is 36.0 Å². The molecule has 0 spiro atoms. The molecule has 6 heteroatoms. The molecule has 0 bridgehead atoms. The van der Waals surface area contributed by atoms with Crippen LogP contribution in [0.3, 0.4) is 0 Å². The fraction of sp³-hybridized carbons (Fsp3) is 0.686. The predicted octanol–water partition coefficient (Wildman–Crippen LogP) is 10.7. The van der Waals surface area contributed by atoms with E-state index in [4.69, 9.17) is 16.6 Å². The van der Waals surface area contributed by atoms with E-state index in [1.165, 1.54) is 77.0 Å². The van der Waals surface area contributed by atoms with Crippen LogP contribution < -0.4 is 9.80 Å². The molecule has 0 N–H and O–H groups in total. The minimum absolute atomic E-state index is 0.300. The Morgan fingerprint density at radius 3 is 0.951 bits per heavy atom. The molecule has 1 rings (SSSR count). The summed E-state index contributed by atoms with van der Waals surface area (Å²) >= 11 is 6.56. The molecule has 1 aromatic heterocycles. The number of hydrogen-bond donors (Lipinski definition) is 0. The third-order valence-electron chi connectivity index (χ3n) is 7.50. The fourth-order valence-electron chi connectivity index (χ4n) is 5.02. The van der Waals surface area contributed by atoms with E-state index in [1.54, 1.807) is 0 Å². The van der Waals surface area contributed by atoms with Gasteiger partial charge in [-0.3, -0.25) is 0 Å². The van der Waals surface area contributed by atoms with Gasteiger partial charge in [0.15, 0.2) is 0 Å².